The minimum absolute atomic E-state index is 0.0604. The average Bonchev–Trinajstić information content (AvgIpc) is 3.04. The summed E-state index contributed by atoms with van der Waals surface area (Å²) in [4.78, 5) is 12.3. The highest BCUT2D eigenvalue weighted by Gasteiger charge is 2.26. The molecule has 1 aliphatic carbocycles. The maximum absolute atomic E-state index is 12.3. The predicted octanol–water partition coefficient (Wildman–Crippen LogP) is 4.86. The van der Waals surface area contributed by atoms with Crippen LogP contribution >= 0.6 is 23.2 Å². The van der Waals surface area contributed by atoms with E-state index in [0.717, 1.165) is 25.7 Å². The van der Waals surface area contributed by atoms with Crippen molar-refractivity contribution >= 4 is 34.1 Å². The molecule has 0 saturated heterocycles. The average molecular weight is 362 g/mol. The number of nitrogens with zero attached hydrogens (tertiary/aromatic N) is 3. The molecule has 1 saturated carbocycles. The summed E-state index contributed by atoms with van der Waals surface area (Å²) >= 11 is 11.8. The van der Waals surface area contributed by atoms with Gasteiger partial charge >= 0.3 is 0 Å². The molecule has 6 heteroatoms. The van der Waals surface area contributed by atoms with Crippen molar-refractivity contribution in [1.29, 1.82) is 0 Å². The number of rotatable bonds is 2. The van der Waals surface area contributed by atoms with E-state index >= 15 is 0 Å². The molecule has 124 valence electrons. The molecule has 0 unspecified atom stereocenters. The lowest BCUT2D eigenvalue weighted by Crippen LogP contribution is -2.30. The quantitative estimate of drug-likeness (QED) is 0.653. The van der Waals surface area contributed by atoms with Gasteiger partial charge in [0.2, 0.25) is 0 Å². The first-order chi connectivity index (χ1) is 11.6. The Balaban J connectivity index is 1.55. The molecular weight excluding hydrogens is 345 g/mol. The summed E-state index contributed by atoms with van der Waals surface area (Å²) in [5.74, 6) is 0. The largest absolute Gasteiger partial charge is 0.344 e. The maximum atomic E-state index is 12.3. The van der Waals surface area contributed by atoms with Crippen molar-refractivity contribution in [3.8, 4) is 0 Å². The molecule has 0 radical (unpaired) electrons. The van der Waals surface area contributed by atoms with E-state index in [1.54, 1.807) is 0 Å². The highest BCUT2D eigenvalue weighted by atomic mass is 35.5. The van der Waals surface area contributed by atoms with Crippen LogP contribution in [0.5, 0.6) is 0 Å². The molecule has 4 nitrogen and oxygen atoms in total. The summed E-state index contributed by atoms with van der Waals surface area (Å²) in [6.45, 7) is 0. The van der Waals surface area contributed by atoms with Crippen LogP contribution in [0.15, 0.2) is 47.5 Å². The van der Waals surface area contributed by atoms with Crippen molar-refractivity contribution in [2.75, 3.05) is 0 Å². The van der Waals surface area contributed by atoms with E-state index in [1.165, 1.54) is 21.8 Å². The van der Waals surface area contributed by atoms with E-state index in [9.17, 15) is 4.79 Å². The van der Waals surface area contributed by atoms with Gasteiger partial charge in [-0.1, -0.05) is 41.4 Å². The Bertz CT molecular complexity index is 939. The molecule has 0 aliphatic heterocycles. The van der Waals surface area contributed by atoms with Crippen LogP contribution in [0.4, 0.5) is 0 Å². The van der Waals surface area contributed by atoms with Gasteiger partial charge in [-0.3, -0.25) is 4.79 Å². The lowest BCUT2D eigenvalue weighted by molar-refractivity contribution is 0.258. The third-order valence-corrected chi connectivity index (χ3v) is 5.68. The zero-order valence-electron chi connectivity index (χ0n) is 13.0. The molecule has 1 aromatic carbocycles. The second-order valence-corrected chi connectivity index (χ2v) is 7.09. The van der Waals surface area contributed by atoms with Crippen molar-refractivity contribution < 1.29 is 0 Å². The van der Waals surface area contributed by atoms with Crippen LogP contribution in [0.2, 0.25) is 10.0 Å². The van der Waals surface area contributed by atoms with Crippen LogP contribution in [0, 0.1) is 0 Å². The van der Waals surface area contributed by atoms with E-state index < -0.39 is 0 Å². The Morgan fingerprint density at radius 1 is 1.00 bits per heavy atom. The van der Waals surface area contributed by atoms with E-state index in [2.05, 4.69) is 46.2 Å². The number of para-hydroxylation sites is 1. The number of halogens is 2. The summed E-state index contributed by atoms with van der Waals surface area (Å²) < 4.78 is 3.86. The molecule has 0 amide bonds. The van der Waals surface area contributed by atoms with Gasteiger partial charge in [-0.25, -0.2) is 4.68 Å². The van der Waals surface area contributed by atoms with E-state index in [-0.39, 0.29) is 21.6 Å². The monoisotopic (exact) mass is 361 g/mol. The molecule has 2 heterocycles. The van der Waals surface area contributed by atoms with Crippen molar-refractivity contribution in [2.24, 2.45) is 0 Å². The smallest absolute Gasteiger partial charge is 0.287 e. The van der Waals surface area contributed by atoms with Crippen LogP contribution < -0.4 is 5.56 Å². The van der Waals surface area contributed by atoms with Crippen molar-refractivity contribution in [2.45, 2.75) is 37.8 Å². The van der Waals surface area contributed by atoms with Crippen molar-refractivity contribution in [3.63, 3.8) is 0 Å². The number of aromatic nitrogens is 3. The zero-order chi connectivity index (χ0) is 16.7. The first-order valence-electron chi connectivity index (χ1n) is 8.13. The second-order valence-electron chi connectivity index (χ2n) is 6.30. The Labute approximate surface area is 149 Å². The van der Waals surface area contributed by atoms with E-state index in [4.69, 9.17) is 23.2 Å². The number of benzene rings is 1. The summed E-state index contributed by atoms with van der Waals surface area (Å²) in [6, 6.07) is 11.1. The Kier molecular flexibility index (Phi) is 4.10. The zero-order valence-corrected chi connectivity index (χ0v) is 14.5. The molecule has 4 rings (SSSR count). The third-order valence-electron chi connectivity index (χ3n) is 4.94. The van der Waals surface area contributed by atoms with Gasteiger partial charge < -0.3 is 4.57 Å². The molecule has 1 aliphatic rings. The third kappa shape index (κ3) is 2.64. The van der Waals surface area contributed by atoms with Gasteiger partial charge in [0.15, 0.2) is 0 Å². The molecule has 0 atom stereocenters. The molecule has 1 fully saturated rings. The van der Waals surface area contributed by atoms with Crippen molar-refractivity contribution in [3.05, 3.63) is 63.1 Å². The lowest BCUT2D eigenvalue weighted by Gasteiger charge is -2.30. The van der Waals surface area contributed by atoms with Gasteiger partial charge in [-0.05, 0) is 43.2 Å². The van der Waals surface area contributed by atoms with Gasteiger partial charge in [-0.15, -0.1) is 0 Å². The number of fused-ring (bicyclic) bond motifs is 1. The normalized spacial score (nSPS) is 21.2. The summed E-state index contributed by atoms with van der Waals surface area (Å²) in [6.07, 6.45) is 7.45. The summed E-state index contributed by atoms with van der Waals surface area (Å²) in [5.41, 5.74) is 0.977. The SMILES string of the molecule is O=c1c(Cl)c(Cl)cnn1C1CCC(n2ccc3ccccc32)CC1. The van der Waals surface area contributed by atoms with Crippen LogP contribution in [0.1, 0.15) is 37.8 Å². The Morgan fingerprint density at radius 3 is 2.50 bits per heavy atom. The highest BCUT2D eigenvalue weighted by molar-refractivity contribution is 6.41. The maximum Gasteiger partial charge on any atom is 0.287 e. The standard InChI is InChI=1S/C18H17Cl2N3O/c19-15-11-21-23(18(24)17(15)20)14-7-5-13(6-8-14)22-10-9-12-3-1-2-4-16(12)22/h1-4,9-11,13-14H,5-8H2. The Hall–Kier alpha value is -1.78. The highest BCUT2D eigenvalue weighted by Crippen LogP contribution is 2.36. The van der Waals surface area contributed by atoms with Gasteiger partial charge in [0.25, 0.3) is 5.56 Å². The van der Waals surface area contributed by atoms with Crippen LogP contribution in [0.25, 0.3) is 10.9 Å². The second kappa shape index (κ2) is 6.26. The fourth-order valence-electron chi connectivity index (χ4n) is 3.69. The summed E-state index contributed by atoms with van der Waals surface area (Å²) in [5, 5.41) is 5.72. The van der Waals surface area contributed by atoms with Gasteiger partial charge in [0.1, 0.15) is 5.02 Å². The minimum atomic E-state index is -0.293. The predicted molar refractivity (Wildman–Crippen MR) is 97.0 cm³/mol. The topological polar surface area (TPSA) is 39.8 Å². The molecule has 2 aromatic heterocycles. The molecule has 0 N–H and O–H groups in total. The molecule has 24 heavy (non-hydrogen) atoms. The number of hydrogen-bond donors (Lipinski definition) is 0. The molecule has 0 bridgehead atoms. The van der Waals surface area contributed by atoms with Gasteiger partial charge in [0, 0.05) is 17.8 Å². The summed E-state index contributed by atoms with van der Waals surface area (Å²) in [7, 11) is 0. The molecule has 3 aromatic rings. The van der Waals surface area contributed by atoms with E-state index in [1.807, 2.05) is 0 Å². The fraction of sp³-hybridized carbons (Fsp3) is 0.333. The van der Waals surface area contributed by atoms with Crippen LogP contribution in [0.3, 0.4) is 0 Å². The fourth-order valence-corrected chi connectivity index (χ4v) is 3.95. The first-order valence-corrected chi connectivity index (χ1v) is 8.89. The molecule has 0 spiro atoms. The lowest BCUT2D eigenvalue weighted by atomic mass is 9.91. The molecular formula is C18H17Cl2N3O. The first kappa shape index (κ1) is 15.7. The minimum Gasteiger partial charge on any atom is -0.344 e. The van der Waals surface area contributed by atoms with Gasteiger partial charge in [0.05, 0.1) is 17.3 Å². The van der Waals surface area contributed by atoms with Crippen LogP contribution in [-0.2, 0) is 0 Å². The van der Waals surface area contributed by atoms with Crippen LogP contribution in [-0.4, -0.2) is 14.3 Å². The van der Waals surface area contributed by atoms with E-state index in [0.29, 0.717) is 6.04 Å². The Morgan fingerprint density at radius 2 is 1.71 bits per heavy atom. The number of hydrogen-bond acceptors (Lipinski definition) is 2. The van der Waals surface area contributed by atoms with Crippen molar-refractivity contribution in [1.82, 2.24) is 14.3 Å². The van der Waals surface area contributed by atoms with Gasteiger partial charge in [-0.2, -0.15) is 5.10 Å².